The van der Waals surface area contributed by atoms with E-state index in [0.717, 1.165) is 25.8 Å². The molecule has 1 heterocycles. The van der Waals surface area contributed by atoms with Gasteiger partial charge in [0.2, 0.25) is 11.8 Å². The zero-order chi connectivity index (χ0) is 18.8. The Labute approximate surface area is 149 Å². The largest absolute Gasteiger partial charge is 0.480 e. The van der Waals surface area contributed by atoms with Crippen LogP contribution in [0.1, 0.15) is 52.4 Å². The van der Waals surface area contributed by atoms with Gasteiger partial charge in [-0.05, 0) is 57.5 Å². The molecular weight excluding hydrogens is 324 g/mol. The molecule has 0 aromatic rings. The highest BCUT2D eigenvalue weighted by Crippen LogP contribution is 2.09. The summed E-state index contributed by atoms with van der Waals surface area (Å²) in [6.07, 6.45) is 3.89. The molecule has 25 heavy (non-hydrogen) atoms. The lowest BCUT2D eigenvalue weighted by molar-refractivity contribution is -0.142. The number of carboxylic acid groups (broad SMARTS) is 1. The van der Waals surface area contributed by atoms with Crippen LogP contribution in [0.2, 0.25) is 0 Å². The van der Waals surface area contributed by atoms with Crippen molar-refractivity contribution in [1.29, 1.82) is 0 Å². The van der Waals surface area contributed by atoms with Gasteiger partial charge in [-0.3, -0.25) is 9.59 Å². The number of carbonyl (C=O) groups is 3. The van der Waals surface area contributed by atoms with Gasteiger partial charge in [0.05, 0.1) is 6.04 Å². The molecule has 0 spiro atoms. The van der Waals surface area contributed by atoms with Crippen molar-refractivity contribution in [2.24, 2.45) is 11.7 Å². The monoisotopic (exact) mass is 356 g/mol. The molecule has 1 aliphatic heterocycles. The van der Waals surface area contributed by atoms with Crippen molar-refractivity contribution in [2.45, 2.75) is 70.5 Å². The fraction of sp³-hybridized carbons (Fsp3) is 0.824. The third-order valence-electron chi connectivity index (χ3n) is 4.28. The van der Waals surface area contributed by atoms with Gasteiger partial charge in [-0.1, -0.05) is 13.8 Å². The first kappa shape index (κ1) is 21.4. The quantitative estimate of drug-likeness (QED) is 0.330. The molecule has 0 bridgehead atoms. The summed E-state index contributed by atoms with van der Waals surface area (Å²) in [5.41, 5.74) is 5.49. The molecule has 0 aliphatic carbocycles. The van der Waals surface area contributed by atoms with E-state index in [9.17, 15) is 19.5 Å². The highest BCUT2D eigenvalue weighted by molar-refractivity contribution is 5.91. The van der Waals surface area contributed by atoms with Gasteiger partial charge in [-0.25, -0.2) is 4.79 Å². The molecule has 6 N–H and O–H groups in total. The molecule has 0 aromatic carbocycles. The van der Waals surface area contributed by atoms with Crippen LogP contribution < -0.4 is 21.7 Å². The number of carboxylic acids is 1. The van der Waals surface area contributed by atoms with E-state index in [2.05, 4.69) is 16.0 Å². The third kappa shape index (κ3) is 7.83. The van der Waals surface area contributed by atoms with Crippen LogP contribution in [0.4, 0.5) is 0 Å². The highest BCUT2D eigenvalue weighted by atomic mass is 16.4. The van der Waals surface area contributed by atoms with Crippen LogP contribution in [0.5, 0.6) is 0 Å². The van der Waals surface area contributed by atoms with E-state index in [1.165, 1.54) is 0 Å². The summed E-state index contributed by atoms with van der Waals surface area (Å²) in [5, 5.41) is 17.7. The average Bonchev–Trinajstić information content (AvgIpc) is 3.07. The summed E-state index contributed by atoms with van der Waals surface area (Å²) in [5.74, 6) is -1.58. The normalized spacial score (nSPS) is 19.4. The minimum atomic E-state index is -1.06. The van der Waals surface area contributed by atoms with Crippen molar-refractivity contribution in [3.05, 3.63) is 0 Å². The minimum absolute atomic E-state index is 0.134. The molecular formula is C17H32N4O4. The number of nitrogens with two attached hydrogens (primary N) is 1. The summed E-state index contributed by atoms with van der Waals surface area (Å²) in [7, 11) is 0. The van der Waals surface area contributed by atoms with Crippen LogP contribution in [0, 0.1) is 5.92 Å². The van der Waals surface area contributed by atoms with Gasteiger partial charge in [0.1, 0.15) is 12.1 Å². The lowest BCUT2D eigenvalue weighted by atomic mass is 10.0. The molecule has 2 amide bonds. The number of carbonyl (C=O) groups excluding carboxylic acids is 2. The molecule has 1 saturated heterocycles. The predicted molar refractivity (Wildman–Crippen MR) is 94.9 cm³/mol. The average molecular weight is 356 g/mol. The van der Waals surface area contributed by atoms with E-state index in [4.69, 9.17) is 5.73 Å². The molecule has 1 rings (SSSR count). The number of amides is 2. The fourth-order valence-corrected chi connectivity index (χ4v) is 2.91. The van der Waals surface area contributed by atoms with Crippen molar-refractivity contribution in [1.82, 2.24) is 16.0 Å². The molecule has 1 aliphatic rings. The molecule has 1 fully saturated rings. The van der Waals surface area contributed by atoms with Gasteiger partial charge in [0.15, 0.2) is 0 Å². The summed E-state index contributed by atoms with van der Waals surface area (Å²) in [6, 6.07) is -1.97. The minimum Gasteiger partial charge on any atom is -0.480 e. The Morgan fingerprint density at radius 1 is 1.20 bits per heavy atom. The van der Waals surface area contributed by atoms with Gasteiger partial charge in [-0.15, -0.1) is 0 Å². The molecule has 8 heteroatoms. The topological polar surface area (TPSA) is 134 Å². The Balaban J connectivity index is 2.69. The number of unbranched alkanes of at least 4 members (excludes halogenated alkanes) is 1. The van der Waals surface area contributed by atoms with Crippen LogP contribution in [-0.4, -0.2) is 54.1 Å². The molecule has 144 valence electrons. The summed E-state index contributed by atoms with van der Waals surface area (Å²) in [6.45, 7) is 5.10. The first-order chi connectivity index (χ1) is 11.8. The van der Waals surface area contributed by atoms with Crippen molar-refractivity contribution >= 4 is 17.8 Å². The second kappa shape index (κ2) is 11.0. The van der Waals surface area contributed by atoms with Crippen LogP contribution >= 0.6 is 0 Å². The van der Waals surface area contributed by atoms with Crippen LogP contribution in [0.3, 0.4) is 0 Å². The number of hydrogen-bond donors (Lipinski definition) is 5. The molecule has 8 nitrogen and oxygen atoms in total. The van der Waals surface area contributed by atoms with Gasteiger partial charge in [0, 0.05) is 0 Å². The van der Waals surface area contributed by atoms with E-state index in [0.29, 0.717) is 25.8 Å². The third-order valence-corrected chi connectivity index (χ3v) is 4.28. The molecule has 0 saturated carbocycles. The summed E-state index contributed by atoms with van der Waals surface area (Å²) in [4.78, 5) is 36.2. The maximum atomic E-state index is 12.5. The van der Waals surface area contributed by atoms with Gasteiger partial charge in [0.25, 0.3) is 0 Å². The van der Waals surface area contributed by atoms with Gasteiger partial charge < -0.3 is 26.8 Å². The lowest BCUT2D eigenvalue weighted by Crippen LogP contribution is -2.54. The Hall–Kier alpha value is -1.67. The second-order valence-corrected chi connectivity index (χ2v) is 7.02. The zero-order valence-corrected chi connectivity index (χ0v) is 15.2. The Bertz CT molecular complexity index is 450. The van der Waals surface area contributed by atoms with Crippen LogP contribution in [-0.2, 0) is 14.4 Å². The van der Waals surface area contributed by atoms with E-state index in [1.54, 1.807) is 0 Å². The molecule has 3 unspecified atom stereocenters. The van der Waals surface area contributed by atoms with E-state index >= 15 is 0 Å². The molecule has 0 radical (unpaired) electrons. The first-order valence-electron chi connectivity index (χ1n) is 9.12. The predicted octanol–water partition coefficient (Wildman–Crippen LogP) is -0.0323. The van der Waals surface area contributed by atoms with Crippen molar-refractivity contribution in [2.75, 3.05) is 13.1 Å². The lowest BCUT2D eigenvalue weighted by Gasteiger charge is -2.23. The van der Waals surface area contributed by atoms with Crippen LogP contribution in [0.25, 0.3) is 0 Å². The van der Waals surface area contributed by atoms with Crippen molar-refractivity contribution in [3.63, 3.8) is 0 Å². The molecule has 3 atom stereocenters. The smallest absolute Gasteiger partial charge is 0.326 e. The number of nitrogens with one attached hydrogen (secondary N) is 3. The number of rotatable bonds is 11. The Morgan fingerprint density at radius 2 is 1.92 bits per heavy atom. The second-order valence-electron chi connectivity index (χ2n) is 7.02. The standard InChI is InChI=1S/C17H32N4O4/c1-11(2)10-14(17(24)25)21-16(23)13(6-3-4-8-18)20-15(22)12-7-5-9-19-12/h11-14,19H,3-10,18H2,1-2H3,(H,20,22)(H,21,23)(H,24,25). The molecule has 0 aromatic heterocycles. The summed E-state index contributed by atoms with van der Waals surface area (Å²) < 4.78 is 0. The zero-order valence-electron chi connectivity index (χ0n) is 15.2. The van der Waals surface area contributed by atoms with Gasteiger partial charge in [-0.2, -0.15) is 0 Å². The Morgan fingerprint density at radius 3 is 2.44 bits per heavy atom. The first-order valence-corrected chi connectivity index (χ1v) is 9.12. The fourth-order valence-electron chi connectivity index (χ4n) is 2.91. The van der Waals surface area contributed by atoms with Crippen molar-refractivity contribution < 1.29 is 19.5 Å². The van der Waals surface area contributed by atoms with E-state index < -0.39 is 24.0 Å². The SMILES string of the molecule is CC(C)CC(NC(=O)C(CCCCN)NC(=O)C1CCCN1)C(=O)O. The number of hydrogen-bond acceptors (Lipinski definition) is 5. The van der Waals surface area contributed by atoms with E-state index in [-0.39, 0.29) is 17.9 Å². The van der Waals surface area contributed by atoms with E-state index in [1.807, 2.05) is 13.8 Å². The maximum Gasteiger partial charge on any atom is 0.326 e. The van der Waals surface area contributed by atoms with Crippen LogP contribution in [0.15, 0.2) is 0 Å². The number of aliphatic carboxylic acids is 1. The Kier molecular flexibility index (Phi) is 9.44. The summed E-state index contributed by atoms with van der Waals surface area (Å²) >= 11 is 0. The van der Waals surface area contributed by atoms with Crippen molar-refractivity contribution in [3.8, 4) is 0 Å². The maximum absolute atomic E-state index is 12.5. The van der Waals surface area contributed by atoms with Gasteiger partial charge >= 0.3 is 5.97 Å². The highest BCUT2D eigenvalue weighted by Gasteiger charge is 2.29.